The molecule has 5 heteroatoms. The molecule has 2 aliphatic rings. The summed E-state index contributed by atoms with van der Waals surface area (Å²) in [6, 6.07) is 8.89. The van der Waals surface area contributed by atoms with Crippen LogP contribution in [-0.4, -0.2) is 92.0 Å². The minimum Gasteiger partial charge on any atom is -0.339 e. The standard InChI is InChI=1S/C21H34N4O/c1-22(2)20-5-4-11-25(12-10-20)21(26)19-8-6-18(7-9-19)17-24-15-13-23(3)14-16-24/h6-9,20H,4-5,10-17H2,1-3H3/t20-/m1/s1. The van der Waals surface area contributed by atoms with Gasteiger partial charge in [0.15, 0.2) is 0 Å². The van der Waals surface area contributed by atoms with Crippen molar-refractivity contribution in [3.8, 4) is 0 Å². The molecule has 2 saturated heterocycles. The van der Waals surface area contributed by atoms with Crippen LogP contribution in [0.15, 0.2) is 24.3 Å². The predicted octanol–water partition coefficient (Wildman–Crippen LogP) is 1.99. The topological polar surface area (TPSA) is 30.0 Å². The molecule has 1 amide bonds. The minimum absolute atomic E-state index is 0.190. The number of likely N-dealkylation sites (N-methyl/N-ethyl adjacent to an activating group) is 1. The summed E-state index contributed by atoms with van der Waals surface area (Å²) in [5.41, 5.74) is 2.13. The van der Waals surface area contributed by atoms with Crippen molar-refractivity contribution in [2.75, 3.05) is 60.4 Å². The molecule has 144 valence electrons. The fraction of sp³-hybridized carbons (Fsp3) is 0.667. The van der Waals surface area contributed by atoms with Gasteiger partial charge in [0.05, 0.1) is 0 Å². The summed E-state index contributed by atoms with van der Waals surface area (Å²) in [6.45, 7) is 7.25. The fourth-order valence-electron chi connectivity index (χ4n) is 4.00. The molecule has 0 spiro atoms. The van der Waals surface area contributed by atoms with Crippen LogP contribution in [0.5, 0.6) is 0 Å². The number of amides is 1. The van der Waals surface area contributed by atoms with Gasteiger partial charge in [-0.05, 0) is 58.1 Å². The van der Waals surface area contributed by atoms with Gasteiger partial charge < -0.3 is 14.7 Å². The van der Waals surface area contributed by atoms with E-state index in [1.165, 1.54) is 12.0 Å². The summed E-state index contributed by atoms with van der Waals surface area (Å²) in [6.07, 6.45) is 3.34. The van der Waals surface area contributed by atoms with Gasteiger partial charge in [-0.25, -0.2) is 0 Å². The van der Waals surface area contributed by atoms with Gasteiger partial charge in [0.2, 0.25) is 0 Å². The molecule has 0 N–H and O–H groups in total. The van der Waals surface area contributed by atoms with Crippen molar-refractivity contribution in [3.63, 3.8) is 0 Å². The molecule has 1 atom stereocenters. The molecule has 3 rings (SSSR count). The summed E-state index contributed by atoms with van der Waals surface area (Å²) >= 11 is 0. The quantitative estimate of drug-likeness (QED) is 0.823. The van der Waals surface area contributed by atoms with Gasteiger partial charge in [0.25, 0.3) is 5.91 Å². The maximum atomic E-state index is 12.9. The van der Waals surface area contributed by atoms with Crippen molar-refractivity contribution in [2.24, 2.45) is 0 Å². The van der Waals surface area contributed by atoms with Gasteiger partial charge in [-0.1, -0.05) is 12.1 Å². The number of carbonyl (C=O) groups excluding carboxylic acids is 1. The predicted molar refractivity (Wildman–Crippen MR) is 106 cm³/mol. The smallest absolute Gasteiger partial charge is 0.253 e. The number of carbonyl (C=O) groups is 1. The molecule has 26 heavy (non-hydrogen) atoms. The average molecular weight is 359 g/mol. The highest BCUT2D eigenvalue weighted by molar-refractivity contribution is 5.94. The van der Waals surface area contributed by atoms with E-state index >= 15 is 0 Å². The zero-order chi connectivity index (χ0) is 18.5. The van der Waals surface area contributed by atoms with Crippen molar-refractivity contribution in [3.05, 3.63) is 35.4 Å². The van der Waals surface area contributed by atoms with E-state index in [9.17, 15) is 4.79 Å². The maximum Gasteiger partial charge on any atom is 0.253 e. The molecular formula is C21H34N4O. The first-order valence-corrected chi connectivity index (χ1v) is 9.98. The summed E-state index contributed by atoms with van der Waals surface area (Å²) in [5.74, 6) is 0.190. The summed E-state index contributed by atoms with van der Waals surface area (Å²) < 4.78 is 0. The lowest BCUT2D eigenvalue weighted by atomic mass is 10.1. The van der Waals surface area contributed by atoms with Gasteiger partial charge >= 0.3 is 0 Å². The van der Waals surface area contributed by atoms with Crippen molar-refractivity contribution < 1.29 is 4.79 Å². The number of nitrogens with zero attached hydrogens (tertiary/aromatic N) is 4. The van der Waals surface area contributed by atoms with E-state index in [-0.39, 0.29) is 5.91 Å². The molecule has 2 fully saturated rings. The monoisotopic (exact) mass is 358 g/mol. The number of rotatable bonds is 4. The minimum atomic E-state index is 0.190. The maximum absolute atomic E-state index is 12.9. The van der Waals surface area contributed by atoms with Crippen LogP contribution in [0.4, 0.5) is 0 Å². The Morgan fingerprint density at radius 3 is 2.35 bits per heavy atom. The lowest BCUT2D eigenvalue weighted by molar-refractivity contribution is 0.0758. The molecule has 0 aromatic heterocycles. The van der Waals surface area contributed by atoms with Crippen LogP contribution in [0, 0.1) is 0 Å². The third-order valence-electron chi connectivity index (χ3n) is 5.92. The number of hydrogen-bond donors (Lipinski definition) is 0. The van der Waals surface area contributed by atoms with E-state index in [4.69, 9.17) is 0 Å². The molecule has 1 aromatic rings. The highest BCUT2D eigenvalue weighted by Crippen LogP contribution is 2.17. The normalized spacial score (nSPS) is 23.2. The Balaban J connectivity index is 1.55. The molecule has 0 radical (unpaired) electrons. The Kier molecular flexibility index (Phi) is 6.68. The van der Waals surface area contributed by atoms with Gasteiger partial charge in [0.1, 0.15) is 0 Å². The first-order chi connectivity index (χ1) is 12.5. The van der Waals surface area contributed by atoms with Crippen LogP contribution in [0.2, 0.25) is 0 Å². The Labute approximate surface area is 158 Å². The van der Waals surface area contributed by atoms with Gasteiger partial charge in [-0.3, -0.25) is 9.69 Å². The first-order valence-electron chi connectivity index (χ1n) is 9.98. The molecule has 1 aromatic carbocycles. The zero-order valence-electron chi connectivity index (χ0n) is 16.7. The van der Waals surface area contributed by atoms with Crippen LogP contribution >= 0.6 is 0 Å². The van der Waals surface area contributed by atoms with Gasteiger partial charge in [0, 0.05) is 57.4 Å². The molecule has 2 heterocycles. The van der Waals surface area contributed by atoms with Crippen LogP contribution in [0.1, 0.15) is 35.2 Å². The number of hydrogen-bond acceptors (Lipinski definition) is 4. The second-order valence-corrected chi connectivity index (χ2v) is 8.12. The molecule has 0 bridgehead atoms. The summed E-state index contributed by atoms with van der Waals surface area (Å²) in [7, 11) is 6.46. The Morgan fingerprint density at radius 1 is 1.00 bits per heavy atom. The highest BCUT2D eigenvalue weighted by Gasteiger charge is 2.22. The van der Waals surface area contributed by atoms with E-state index in [1.807, 2.05) is 17.0 Å². The average Bonchev–Trinajstić information content (AvgIpc) is 2.90. The van der Waals surface area contributed by atoms with E-state index < -0.39 is 0 Å². The van der Waals surface area contributed by atoms with E-state index in [1.54, 1.807) is 0 Å². The molecule has 0 aliphatic carbocycles. The first kappa shape index (κ1) is 19.3. The largest absolute Gasteiger partial charge is 0.339 e. The van der Waals surface area contributed by atoms with Crippen molar-refractivity contribution in [1.29, 1.82) is 0 Å². The van der Waals surface area contributed by atoms with E-state index in [0.29, 0.717) is 6.04 Å². The Bertz CT molecular complexity index is 578. The summed E-state index contributed by atoms with van der Waals surface area (Å²) in [5, 5.41) is 0. The third-order valence-corrected chi connectivity index (χ3v) is 5.92. The lowest BCUT2D eigenvalue weighted by Crippen LogP contribution is -2.43. The van der Waals surface area contributed by atoms with Crippen LogP contribution in [0.25, 0.3) is 0 Å². The second kappa shape index (κ2) is 8.98. The van der Waals surface area contributed by atoms with Crippen LogP contribution < -0.4 is 0 Å². The summed E-state index contributed by atoms with van der Waals surface area (Å²) in [4.78, 5) is 22.1. The zero-order valence-corrected chi connectivity index (χ0v) is 16.7. The van der Waals surface area contributed by atoms with E-state index in [0.717, 1.165) is 64.2 Å². The lowest BCUT2D eigenvalue weighted by Gasteiger charge is -2.32. The Morgan fingerprint density at radius 2 is 1.69 bits per heavy atom. The molecule has 5 nitrogen and oxygen atoms in total. The molecule has 0 unspecified atom stereocenters. The fourth-order valence-corrected chi connectivity index (χ4v) is 4.00. The van der Waals surface area contributed by atoms with Gasteiger partial charge in [-0.15, -0.1) is 0 Å². The number of likely N-dealkylation sites (tertiary alicyclic amines) is 1. The van der Waals surface area contributed by atoms with Crippen molar-refractivity contribution in [2.45, 2.75) is 31.8 Å². The van der Waals surface area contributed by atoms with Gasteiger partial charge in [-0.2, -0.15) is 0 Å². The van der Waals surface area contributed by atoms with E-state index in [2.05, 4.69) is 48.0 Å². The van der Waals surface area contributed by atoms with Crippen LogP contribution in [-0.2, 0) is 6.54 Å². The highest BCUT2D eigenvalue weighted by atomic mass is 16.2. The number of piperazine rings is 1. The van der Waals surface area contributed by atoms with Crippen molar-refractivity contribution in [1.82, 2.24) is 19.6 Å². The van der Waals surface area contributed by atoms with Crippen LogP contribution in [0.3, 0.4) is 0 Å². The SMILES string of the molecule is CN1CCN(Cc2ccc(C(=O)N3CCC[C@@H](N(C)C)CC3)cc2)CC1. The Hall–Kier alpha value is -1.43. The molecular weight excluding hydrogens is 324 g/mol. The number of benzene rings is 1. The van der Waals surface area contributed by atoms with Crippen molar-refractivity contribution >= 4 is 5.91 Å². The molecule has 2 aliphatic heterocycles. The second-order valence-electron chi connectivity index (χ2n) is 8.12. The third kappa shape index (κ3) is 5.06. The molecule has 0 saturated carbocycles.